The summed E-state index contributed by atoms with van der Waals surface area (Å²) in [6, 6.07) is 3.40. The van der Waals surface area contributed by atoms with Crippen molar-refractivity contribution in [1.82, 2.24) is 4.90 Å². The molecular weight excluding hydrogens is 214 g/mol. The Balaban J connectivity index is 1.88. The quantitative estimate of drug-likeness (QED) is 0.865. The van der Waals surface area contributed by atoms with Crippen molar-refractivity contribution in [1.29, 1.82) is 0 Å². The molecule has 2 rings (SSSR count). The molecule has 1 aromatic heterocycles. The third-order valence-corrected chi connectivity index (χ3v) is 3.01. The predicted molar refractivity (Wildman–Crippen MR) is 59.0 cm³/mol. The van der Waals surface area contributed by atoms with Gasteiger partial charge in [-0.1, -0.05) is 6.42 Å². The molecule has 0 bridgehead atoms. The van der Waals surface area contributed by atoms with Crippen LogP contribution >= 0.6 is 11.6 Å². The molecule has 0 spiro atoms. The third-order valence-electron chi connectivity index (χ3n) is 2.80. The summed E-state index contributed by atoms with van der Waals surface area (Å²) < 4.78 is 5.18. The van der Waals surface area contributed by atoms with Gasteiger partial charge in [0.15, 0.2) is 5.22 Å². The third kappa shape index (κ3) is 2.97. The largest absolute Gasteiger partial charge is 0.447 e. The maximum absolute atomic E-state index is 9.89. The SMILES string of the molecule is OC(CN1CCCCC1)c1ccc(Cl)o1. The average molecular weight is 230 g/mol. The minimum absolute atomic E-state index is 0.336. The summed E-state index contributed by atoms with van der Waals surface area (Å²) >= 11 is 5.66. The van der Waals surface area contributed by atoms with Gasteiger partial charge in [0.05, 0.1) is 0 Å². The molecule has 1 atom stereocenters. The molecule has 1 saturated heterocycles. The molecule has 4 heteroatoms. The van der Waals surface area contributed by atoms with Crippen LogP contribution in [-0.4, -0.2) is 29.6 Å². The van der Waals surface area contributed by atoms with Crippen molar-refractivity contribution in [3.63, 3.8) is 0 Å². The summed E-state index contributed by atoms with van der Waals surface area (Å²) in [7, 11) is 0. The number of likely N-dealkylation sites (tertiary alicyclic amines) is 1. The van der Waals surface area contributed by atoms with Crippen molar-refractivity contribution in [2.75, 3.05) is 19.6 Å². The van der Waals surface area contributed by atoms with Gasteiger partial charge in [-0.3, -0.25) is 0 Å². The highest BCUT2D eigenvalue weighted by Gasteiger charge is 2.18. The van der Waals surface area contributed by atoms with Gasteiger partial charge in [-0.05, 0) is 49.7 Å². The molecule has 0 aliphatic carbocycles. The zero-order chi connectivity index (χ0) is 10.7. The molecule has 0 radical (unpaired) electrons. The topological polar surface area (TPSA) is 36.6 Å². The fourth-order valence-corrected chi connectivity index (χ4v) is 2.14. The second-order valence-corrected chi connectivity index (χ2v) is 4.39. The average Bonchev–Trinajstić information content (AvgIpc) is 2.66. The highest BCUT2D eigenvalue weighted by molar-refractivity contribution is 6.28. The van der Waals surface area contributed by atoms with Gasteiger partial charge in [-0.25, -0.2) is 0 Å². The van der Waals surface area contributed by atoms with Crippen molar-refractivity contribution in [3.05, 3.63) is 23.1 Å². The minimum atomic E-state index is -0.560. The van der Waals surface area contributed by atoms with E-state index in [1.165, 1.54) is 19.3 Å². The molecule has 84 valence electrons. The van der Waals surface area contributed by atoms with Crippen LogP contribution in [0.3, 0.4) is 0 Å². The van der Waals surface area contributed by atoms with Gasteiger partial charge in [0, 0.05) is 6.54 Å². The van der Waals surface area contributed by atoms with Crippen LogP contribution in [0.2, 0.25) is 5.22 Å². The molecule has 1 aliphatic heterocycles. The van der Waals surface area contributed by atoms with Crippen LogP contribution < -0.4 is 0 Å². The predicted octanol–water partition coefficient (Wildman–Crippen LogP) is 2.45. The summed E-state index contributed by atoms with van der Waals surface area (Å²) in [6.07, 6.45) is 3.20. The van der Waals surface area contributed by atoms with Crippen molar-refractivity contribution in [3.8, 4) is 0 Å². The van der Waals surface area contributed by atoms with Gasteiger partial charge < -0.3 is 14.4 Å². The number of halogens is 1. The van der Waals surface area contributed by atoms with Crippen LogP contribution in [-0.2, 0) is 0 Å². The molecule has 1 aliphatic rings. The number of hydrogen-bond acceptors (Lipinski definition) is 3. The van der Waals surface area contributed by atoms with Gasteiger partial charge in [0.1, 0.15) is 11.9 Å². The Kier molecular flexibility index (Phi) is 3.67. The lowest BCUT2D eigenvalue weighted by Crippen LogP contribution is -2.33. The van der Waals surface area contributed by atoms with Gasteiger partial charge in [0.2, 0.25) is 0 Å². The first kappa shape index (κ1) is 11.0. The molecule has 15 heavy (non-hydrogen) atoms. The number of piperidine rings is 1. The molecule has 3 nitrogen and oxygen atoms in total. The highest BCUT2D eigenvalue weighted by Crippen LogP contribution is 2.21. The number of hydrogen-bond donors (Lipinski definition) is 1. The van der Waals surface area contributed by atoms with Gasteiger partial charge in [0.25, 0.3) is 0 Å². The Morgan fingerprint density at radius 3 is 2.67 bits per heavy atom. The summed E-state index contributed by atoms with van der Waals surface area (Å²) in [5.74, 6) is 0.561. The zero-order valence-corrected chi connectivity index (χ0v) is 9.41. The molecule has 1 unspecified atom stereocenters. The molecule has 0 amide bonds. The molecule has 0 saturated carbocycles. The fourth-order valence-electron chi connectivity index (χ4n) is 1.98. The lowest BCUT2D eigenvalue weighted by molar-refractivity contribution is 0.0851. The van der Waals surface area contributed by atoms with E-state index >= 15 is 0 Å². The Labute approximate surface area is 94.6 Å². The summed E-state index contributed by atoms with van der Waals surface area (Å²) in [5.41, 5.74) is 0. The molecule has 2 heterocycles. The maximum Gasteiger partial charge on any atom is 0.193 e. The van der Waals surface area contributed by atoms with Gasteiger partial charge in [-0.15, -0.1) is 0 Å². The van der Waals surface area contributed by atoms with E-state index in [-0.39, 0.29) is 0 Å². The molecule has 1 aromatic rings. The van der Waals surface area contributed by atoms with Crippen molar-refractivity contribution >= 4 is 11.6 Å². The van der Waals surface area contributed by atoms with E-state index in [2.05, 4.69) is 4.90 Å². The zero-order valence-electron chi connectivity index (χ0n) is 8.66. The summed E-state index contributed by atoms with van der Waals surface area (Å²) in [4.78, 5) is 2.27. The second-order valence-electron chi connectivity index (χ2n) is 4.02. The van der Waals surface area contributed by atoms with Gasteiger partial charge >= 0.3 is 0 Å². The number of aliphatic hydroxyl groups is 1. The van der Waals surface area contributed by atoms with Crippen LogP contribution in [0.4, 0.5) is 0 Å². The van der Waals surface area contributed by atoms with Crippen LogP contribution in [0.25, 0.3) is 0 Å². The van der Waals surface area contributed by atoms with Crippen molar-refractivity contribution in [2.45, 2.75) is 25.4 Å². The second kappa shape index (κ2) is 5.01. The van der Waals surface area contributed by atoms with Crippen molar-refractivity contribution in [2.24, 2.45) is 0 Å². The highest BCUT2D eigenvalue weighted by atomic mass is 35.5. The Morgan fingerprint density at radius 1 is 1.33 bits per heavy atom. The van der Waals surface area contributed by atoms with E-state index in [4.69, 9.17) is 16.0 Å². The van der Waals surface area contributed by atoms with Crippen LogP contribution in [0.1, 0.15) is 31.1 Å². The summed E-state index contributed by atoms with van der Waals surface area (Å²) in [6.45, 7) is 2.79. The smallest absolute Gasteiger partial charge is 0.193 e. The number of furan rings is 1. The van der Waals surface area contributed by atoms with Crippen LogP contribution in [0.5, 0.6) is 0 Å². The van der Waals surface area contributed by atoms with E-state index in [9.17, 15) is 5.11 Å². The van der Waals surface area contributed by atoms with Crippen LogP contribution in [0.15, 0.2) is 16.5 Å². The number of β-amino-alcohol motifs (C(OH)–C–C–N with tert-alkyl or cyclic N) is 1. The molecule has 1 N–H and O–H groups in total. The number of aliphatic hydroxyl groups excluding tert-OH is 1. The number of rotatable bonds is 3. The molecule has 0 aromatic carbocycles. The number of nitrogens with zero attached hydrogens (tertiary/aromatic N) is 1. The lowest BCUT2D eigenvalue weighted by atomic mass is 10.1. The normalized spacial score (nSPS) is 20.4. The standard InChI is InChI=1S/C11H16ClNO2/c12-11-5-4-10(15-11)9(14)8-13-6-2-1-3-7-13/h4-5,9,14H,1-3,6-8H2. The van der Waals surface area contributed by atoms with E-state index in [0.29, 0.717) is 17.5 Å². The minimum Gasteiger partial charge on any atom is -0.447 e. The monoisotopic (exact) mass is 229 g/mol. The first-order chi connectivity index (χ1) is 7.25. The Bertz CT molecular complexity index is 307. The maximum atomic E-state index is 9.89. The summed E-state index contributed by atoms with van der Waals surface area (Å²) in [5, 5.41) is 10.2. The van der Waals surface area contributed by atoms with Crippen molar-refractivity contribution < 1.29 is 9.52 Å². The lowest BCUT2D eigenvalue weighted by Gasteiger charge is -2.27. The Hall–Kier alpha value is -0.510. The molecular formula is C11H16ClNO2. The van der Waals surface area contributed by atoms with Crippen LogP contribution in [0, 0.1) is 0 Å². The van der Waals surface area contributed by atoms with E-state index in [0.717, 1.165) is 13.1 Å². The van der Waals surface area contributed by atoms with E-state index in [1.54, 1.807) is 12.1 Å². The Morgan fingerprint density at radius 2 is 2.07 bits per heavy atom. The van der Waals surface area contributed by atoms with E-state index < -0.39 is 6.10 Å². The fraction of sp³-hybridized carbons (Fsp3) is 0.636. The first-order valence-corrected chi connectivity index (χ1v) is 5.79. The first-order valence-electron chi connectivity index (χ1n) is 5.41. The van der Waals surface area contributed by atoms with Gasteiger partial charge in [-0.2, -0.15) is 0 Å². The molecule has 1 fully saturated rings. The van der Waals surface area contributed by atoms with E-state index in [1.807, 2.05) is 0 Å².